The molecule has 0 aliphatic heterocycles. The van der Waals surface area contributed by atoms with Gasteiger partial charge in [0.15, 0.2) is 0 Å². The molecule has 1 aromatic carbocycles. The zero-order valence-electron chi connectivity index (χ0n) is 8.66. The molecule has 0 radical (unpaired) electrons. The Labute approximate surface area is 97.3 Å². The zero-order valence-corrected chi connectivity index (χ0v) is 10.2. The molecule has 0 saturated carbocycles. The van der Waals surface area contributed by atoms with Crippen LogP contribution in [-0.2, 0) is 14.9 Å². The molecule has 0 aliphatic carbocycles. The first-order valence-electron chi connectivity index (χ1n) is 4.44. The third-order valence-corrected chi connectivity index (χ3v) is 2.62. The average molecular weight is 270 g/mol. The lowest BCUT2D eigenvalue weighted by atomic mass is 10.0. The molecule has 0 aromatic heterocycles. The fourth-order valence-corrected chi connectivity index (χ4v) is 1.78. The van der Waals surface area contributed by atoms with Gasteiger partial charge in [0.2, 0.25) is 0 Å². The normalized spacial score (nSPS) is 11.3. The maximum Gasteiger partial charge on any atom is 0.356 e. The third-order valence-electron chi connectivity index (χ3n) is 2.02. The monoisotopic (exact) mass is 269 g/mol. The van der Waals surface area contributed by atoms with Gasteiger partial charge in [-0.15, -0.1) is 0 Å². The summed E-state index contributed by atoms with van der Waals surface area (Å²) in [5.41, 5.74) is 2.18. The number of benzene rings is 1. The predicted molar refractivity (Wildman–Crippen MR) is 63.6 cm³/mol. The van der Waals surface area contributed by atoms with Crippen LogP contribution < -0.4 is 0 Å². The van der Waals surface area contributed by atoms with E-state index in [4.69, 9.17) is 0 Å². The van der Waals surface area contributed by atoms with Crippen molar-refractivity contribution in [2.24, 2.45) is 4.99 Å². The van der Waals surface area contributed by atoms with Gasteiger partial charge in [-0.1, -0.05) is 40.2 Å². The summed E-state index contributed by atoms with van der Waals surface area (Å²) in [5.74, 6) is -0.411. The number of carbonyl (C=O) groups excluding carboxylic acids is 1. The van der Waals surface area contributed by atoms with Crippen LogP contribution in [0.25, 0.3) is 0 Å². The van der Waals surface area contributed by atoms with Crippen molar-refractivity contribution < 1.29 is 9.53 Å². The number of rotatable bonds is 3. The fourth-order valence-electron chi connectivity index (χ4n) is 1.29. The van der Waals surface area contributed by atoms with E-state index in [2.05, 4.69) is 25.7 Å². The molecule has 0 amide bonds. The van der Waals surface area contributed by atoms with E-state index in [1.807, 2.05) is 24.3 Å². The van der Waals surface area contributed by atoms with Crippen molar-refractivity contribution in [1.82, 2.24) is 0 Å². The molecule has 0 aliphatic rings. The van der Waals surface area contributed by atoms with Gasteiger partial charge < -0.3 is 4.74 Å². The number of ether oxygens (including phenoxy) is 1. The smallest absolute Gasteiger partial charge is 0.356 e. The number of aliphatic imine (C=N–C) groups is 1. The lowest BCUT2D eigenvalue weighted by Crippen LogP contribution is -2.18. The summed E-state index contributed by atoms with van der Waals surface area (Å²) in [6.07, 6.45) is 0. The van der Waals surface area contributed by atoms with E-state index in [0.29, 0.717) is 11.0 Å². The van der Waals surface area contributed by atoms with Gasteiger partial charge in [-0.3, -0.25) is 4.99 Å². The Hall–Kier alpha value is -1.16. The summed E-state index contributed by atoms with van der Waals surface area (Å²) in [4.78, 5) is 15.4. The molecular formula is C11H12BrNO2. The van der Waals surface area contributed by atoms with Crippen molar-refractivity contribution in [2.45, 2.75) is 5.33 Å². The van der Waals surface area contributed by atoms with E-state index in [1.165, 1.54) is 7.11 Å². The second-order valence-electron chi connectivity index (χ2n) is 2.85. The van der Waals surface area contributed by atoms with Crippen LogP contribution in [-0.4, -0.2) is 25.8 Å². The molecule has 3 nitrogen and oxygen atoms in total. The Kier molecular flexibility index (Phi) is 4.49. The first-order chi connectivity index (χ1) is 7.24. The van der Waals surface area contributed by atoms with Crippen LogP contribution in [0, 0.1) is 0 Å². The summed E-state index contributed by atoms with van der Waals surface area (Å²) in [6.45, 7) is 0. The number of hydrogen-bond acceptors (Lipinski definition) is 3. The van der Waals surface area contributed by atoms with Gasteiger partial charge in [-0.05, 0) is 5.56 Å². The van der Waals surface area contributed by atoms with Gasteiger partial charge in [0.1, 0.15) is 5.71 Å². The van der Waals surface area contributed by atoms with Crippen molar-refractivity contribution in [3.8, 4) is 0 Å². The standard InChI is InChI=1S/C11H12BrNO2/c1-13-10(11(14)15-2)9-6-4-3-5-8(9)7-12/h3-6H,7H2,1-2H3. The molecule has 15 heavy (non-hydrogen) atoms. The summed E-state index contributed by atoms with van der Waals surface area (Å²) in [6, 6.07) is 7.59. The van der Waals surface area contributed by atoms with Gasteiger partial charge in [-0.25, -0.2) is 4.79 Å². The van der Waals surface area contributed by atoms with Crippen LogP contribution in [0.3, 0.4) is 0 Å². The lowest BCUT2D eigenvalue weighted by Gasteiger charge is -2.07. The molecular weight excluding hydrogens is 258 g/mol. The number of nitrogens with zero attached hydrogens (tertiary/aromatic N) is 1. The number of alkyl halides is 1. The number of esters is 1. The average Bonchev–Trinajstić information content (AvgIpc) is 2.30. The molecule has 1 aromatic rings. The highest BCUT2D eigenvalue weighted by molar-refractivity contribution is 9.08. The molecule has 0 heterocycles. The van der Waals surface area contributed by atoms with Crippen molar-refractivity contribution >= 4 is 27.6 Å². The van der Waals surface area contributed by atoms with E-state index in [1.54, 1.807) is 7.05 Å². The highest BCUT2D eigenvalue weighted by Crippen LogP contribution is 2.14. The van der Waals surface area contributed by atoms with Gasteiger partial charge in [0, 0.05) is 17.9 Å². The molecule has 0 saturated heterocycles. The first kappa shape index (κ1) is 11.9. The number of methoxy groups -OCH3 is 1. The van der Waals surface area contributed by atoms with Crippen LogP contribution in [0.5, 0.6) is 0 Å². The summed E-state index contributed by atoms with van der Waals surface area (Å²) >= 11 is 3.37. The molecule has 4 heteroatoms. The molecule has 1 rings (SSSR count). The molecule has 0 unspecified atom stereocenters. The van der Waals surface area contributed by atoms with Crippen molar-refractivity contribution in [3.63, 3.8) is 0 Å². The van der Waals surface area contributed by atoms with E-state index >= 15 is 0 Å². The largest absolute Gasteiger partial charge is 0.464 e. The van der Waals surface area contributed by atoms with Gasteiger partial charge >= 0.3 is 5.97 Å². The van der Waals surface area contributed by atoms with Crippen LogP contribution in [0.2, 0.25) is 0 Å². The van der Waals surface area contributed by atoms with E-state index < -0.39 is 5.97 Å². The first-order valence-corrected chi connectivity index (χ1v) is 5.56. The highest BCUT2D eigenvalue weighted by Gasteiger charge is 2.15. The summed E-state index contributed by atoms with van der Waals surface area (Å²) in [7, 11) is 2.93. The molecule has 0 fully saturated rings. The van der Waals surface area contributed by atoms with E-state index in [0.717, 1.165) is 11.1 Å². The van der Waals surface area contributed by atoms with Gasteiger partial charge in [-0.2, -0.15) is 0 Å². The Balaban J connectivity index is 3.18. The minimum Gasteiger partial charge on any atom is -0.464 e. The Morgan fingerprint density at radius 2 is 2.13 bits per heavy atom. The number of carbonyl (C=O) groups is 1. The fraction of sp³-hybridized carbons (Fsp3) is 0.273. The van der Waals surface area contributed by atoms with Crippen LogP contribution >= 0.6 is 15.9 Å². The quantitative estimate of drug-likeness (QED) is 0.479. The minimum atomic E-state index is -0.411. The van der Waals surface area contributed by atoms with E-state index in [9.17, 15) is 4.79 Å². The molecule has 0 N–H and O–H groups in total. The zero-order chi connectivity index (χ0) is 11.3. The summed E-state index contributed by atoms with van der Waals surface area (Å²) < 4.78 is 4.67. The van der Waals surface area contributed by atoms with Crippen LogP contribution in [0.4, 0.5) is 0 Å². The minimum absolute atomic E-state index is 0.354. The molecule has 0 atom stereocenters. The van der Waals surface area contributed by atoms with E-state index in [-0.39, 0.29) is 0 Å². The van der Waals surface area contributed by atoms with Crippen molar-refractivity contribution in [2.75, 3.05) is 14.2 Å². The SMILES string of the molecule is CN=C(C(=O)OC)c1ccccc1CBr. The van der Waals surface area contributed by atoms with Gasteiger partial charge in [0.25, 0.3) is 0 Å². The lowest BCUT2D eigenvalue weighted by molar-refractivity contribution is -0.132. The number of hydrogen-bond donors (Lipinski definition) is 0. The molecule has 0 spiro atoms. The van der Waals surface area contributed by atoms with Crippen LogP contribution in [0.15, 0.2) is 29.3 Å². The topological polar surface area (TPSA) is 38.7 Å². The third kappa shape index (κ3) is 2.65. The Bertz CT molecular complexity index is 388. The highest BCUT2D eigenvalue weighted by atomic mass is 79.9. The van der Waals surface area contributed by atoms with Crippen molar-refractivity contribution in [1.29, 1.82) is 0 Å². The van der Waals surface area contributed by atoms with Crippen molar-refractivity contribution in [3.05, 3.63) is 35.4 Å². The van der Waals surface area contributed by atoms with Gasteiger partial charge in [0.05, 0.1) is 7.11 Å². The second kappa shape index (κ2) is 5.66. The molecule has 80 valence electrons. The Morgan fingerprint density at radius 1 is 1.47 bits per heavy atom. The second-order valence-corrected chi connectivity index (χ2v) is 3.42. The maximum atomic E-state index is 11.4. The number of halogens is 1. The molecule has 0 bridgehead atoms. The predicted octanol–water partition coefficient (Wildman–Crippen LogP) is 2.17. The Morgan fingerprint density at radius 3 is 2.67 bits per heavy atom. The summed E-state index contributed by atoms with van der Waals surface area (Å²) in [5, 5.41) is 0.680. The maximum absolute atomic E-state index is 11.4. The van der Waals surface area contributed by atoms with Crippen LogP contribution in [0.1, 0.15) is 11.1 Å².